The molecule has 15 heavy (non-hydrogen) atoms. The first-order chi connectivity index (χ1) is 7.29. The minimum Gasteiger partial charge on any atom is -0.465 e. The Hall–Kier alpha value is -1.97. The summed E-state index contributed by atoms with van der Waals surface area (Å²) in [6.45, 7) is 0. The first-order valence-corrected chi connectivity index (χ1v) is 4.42. The molecule has 0 fully saturated rings. The SMILES string of the molecule is COC(=O)c1ccncc1C=CCC=O. The van der Waals surface area contributed by atoms with Crippen molar-refractivity contribution in [3.05, 3.63) is 35.7 Å². The van der Waals surface area contributed by atoms with Gasteiger partial charge < -0.3 is 9.53 Å². The summed E-state index contributed by atoms with van der Waals surface area (Å²) in [5, 5.41) is 0. The van der Waals surface area contributed by atoms with E-state index in [1.165, 1.54) is 13.3 Å². The molecule has 0 radical (unpaired) electrons. The minimum absolute atomic E-state index is 0.315. The molecule has 1 aromatic heterocycles. The molecule has 4 nitrogen and oxygen atoms in total. The highest BCUT2D eigenvalue weighted by Gasteiger charge is 2.08. The molecular weight excluding hydrogens is 194 g/mol. The van der Waals surface area contributed by atoms with Gasteiger partial charge in [0.05, 0.1) is 12.7 Å². The predicted octanol–water partition coefficient (Wildman–Crippen LogP) is 1.47. The van der Waals surface area contributed by atoms with Crippen molar-refractivity contribution < 1.29 is 14.3 Å². The molecule has 1 aromatic rings. The van der Waals surface area contributed by atoms with E-state index in [1.54, 1.807) is 24.4 Å². The smallest absolute Gasteiger partial charge is 0.338 e. The lowest BCUT2D eigenvalue weighted by Crippen LogP contribution is -2.03. The minimum atomic E-state index is -0.414. The maximum atomic E-state index is 11.3. The average Bonchev–Trinajstić information content (AvgIpc) is 2.29. The van der Waals surface area contributed by atoms with E-state index in [0.29, 0.717) is 17.5 Å². The average molecular weight is 205 g/mol. The third kappa shape index (κ3) is 3.02. The fraction of sp³-hybridized carbons (Fsp3) is 0.182. The number of rotatable bonds is 4. The van der Waals surface area contributed by atoms with Gasteiger partial charge in [-0.25, -0.2) is 4.79 Å². The first kappa shape index (κ1) is 11.1. The molecule has 0 spiro atoms. The van der Waals surface area contributed by atoms with Gasteiger partial charge >= 0.3 is 5.97 Å². The van der Waals surface area contributed by atoms with Gasteiger partial charge in [0.1, 0.15) is 6.29 Å². The van der Waals surface area contributed by atoms with Gasteiger partial charge in [-0.1, -0.05) is 12.2 Å². The molecule has 0 N–H and O–H groups in total. The van der Waals surface area contributed by atoms with Crippen molar-refractivity contribution in [1.29, 1.82) is 0 Å². The Morgan fingerprint density at radius 1 is 1.60 bits per heavy atom. The number of carbonyl (C=O) groups excluding carboxylic acids is 2. The third-order valence-electron chi connectivity index (χ3n) is 1.79. The number of hydrogen-bond donors (Lipinski definition) is 0. The molecular formula is C11H11NO3. The van der Waals surface area contributed by atoms with Crippen LogP contribution < -0.4 is 0 Å². The number of carbonyl (C=O) groups is 2. The molecule has 0 atom stereocenters. The number of nitrogens with zero attached hydrogens (tertiary/aromatic N) is 1. The Kier molecular flexibility index (Phi) is 4.22. The van der Waals surface area contributed by atoms with Crippen LogP contribution in [0.25, 0.3) is 6.08 Å². The Bertz CT molecular complexity index is 385. The van der Waals surface area contributed by atoms with E-state index in [2.05, 4.69) is 9.72 Å². The van der Waals surface area contributed by atoms with Crippen LogP contribution in [0.4, 0.5) is 0 Å². The summed E-state index contributed by atoms with van der Waals surface area (Å²) in [5.41, 5.74) is 1.08. The Balaban J connectivity index is 2.95. The van der Waals surface area contributed by atoms with Gasteiger partial charge in [-0.2, -0.15) is 0 Å². The third-order valence-corrected chi connectivity index (χ3v) is 1.79. The van der Waals surface area contributed by atoms with E-state index in [-0.39, 0.29) is 0 Å². The highest BCUT2D eigenvalue weighted by molar-refractivity contribution is 5.93. The van der Waals surface area contributed by atoms with E-state index >= 15 is 0 Å². The van der Waals surface area contributed by atoms with Crippen LogP contribution >= 0.6 is 0 Å². The summed E-state index contributed by atoms with van der Waals surface area (Å²) in [5.74, 6) is -0.414. The second-order valence-corrected chi connectivity index (χ2v) is 2.76. The molecule has 0 aliphatic rings. The fourth-order valence-electron chi connectivity index (χ4n) is 1.09. The van der Waals surface area contributed by atoms with Gasteiger partial charge in [0.2, 0.25) is 0 Å². The molecule has 0 saturated heterocycles. The Morgan fingerprint density at radius 2 is 2.40 bits per heavy atom. The lowest BCUT2D eigenvalue weighted by molar-refractivity contribution is -0.107. The van der Waals surface area contributed by atoms with Crippen LogP contribution in [0.3, 0.4) is 0 Å². The molecule has 0 aliphatic carbocycles. The van der Waals surface area contributed by atoms with E-state index in [1.807, 2.05) is 0 Å². The van der Waals surface area contributed by atoms with Crippen molar-refractivity contribution in [3.8, 4) is 0 Å². The number of allylic oxidation sites excluding steroid dienone is 1. The van der Waals surface area contributed by atoms with Crippen molar-refractivity contribution in [2.24, 2.45) is 0 Å². The maximum Gasteiger partial charge on any atom is 0.338 e. The van der Waals surface area contributed by atoms with Crippen LogP contribution in [0.15, 0.2) is 24.5 Å². The van der Waals surface area contributed by atoms with Crippen LogP contribution in [0, 0.1) is 0 Å². The summed E-state index contributed by atoms with van der Waals surface area (Å²) in [6, 6.07) is 1.58. The van der Waals surface area contributed by atoms with Gasteiger partial charge in [-0.3, -0.25) is 4.98 Å². The van der Waals surface area contributed by atoms with Gasteiger partial charge in [0, 0.05) is 24.4 Å². The van der Waals surface area contributed by atoms with Crippen LogP contribution in [0.2, 0.25) is 0 Å². The van der Waals surface area contributed by atoms with Crippen LogP contribution in [-0.2, 0) is 9.53 Å². The number of esters is 1. The maximum absolute atomic E-state index is 11.3. The number of hydrogen-bond acceptors (Lipinski definition) is 4. The van der Waals surface area contributed by atoms with Crippen LogP contribution in [-0.4, -0.2) is 24.3 Å². The molecule has 0 aliphatic heterocycles. The molecule has 0 unspecified atom stereocenters. The molecule has 1 rings (SSSR count). The van der Waals surface area contributed by atoms with Crippen molar-refractivity contribution in [1.82, 2.24) is 4.98 Å². The Morgan fingerprint density at radius 3 is 3.07 bits per heavy atom. The van der Waals surface area contributed by atoms with E-state index in [9.17, 15) is 9.59 Å². The monoisotopic (exact) mass is 205 g/mol. The lowest BCUT2D eigenvalue weighted by atomic mass is 10.1. The standard InChI is InChI=1S/C11H11NO3/c1-15-11(14)10-5-6-12-8-9(10)4-2-3-7-13/h2,4-8H,3H2,1H3. The second-order valence-electron chi connectivity index (χ2n) is 2.76. The number of ether oxygens (including phenoxy) is 1. The van der Waals surface area contributed by atoms with Gasteiger partial charge in [-0.05, 0) is 6.07 Å². The summed E-state index contributed by atoms with van der Waals surface area (Å²) >= 11 is 0. The van der Waals surface area contributed by atoms with Crippen molar-refractivity contribution >= 4 is 18.3 Å². The van der Waals surface area contributed by atoms with Crippen molar-refractivity contribution in [2.45, 2.75) is 6.42 Å². The Labute approximate surface area is 87.6 Å². The molecule has 4 heteroatoms. The predicted molar refractivity (Wildman–Crippen MR) is 55.3 cm³/mol. The molecule has 0 aromatic carbocycles. The van der Waals surface area contributed by atoms with Crippen LogP contribution in [0.1, 0.15) is 22.3 Å². The highest BCUT2D eigenvalue weighted by Crippen LogP contribution is 2.10. The van der Waals surface area contributed by atoms with Crippen molar-refractivity contribution in [3.63, 3.8) is 0 Å². The summed E-state index contributed by atoms with van der Waals surface area (Å²) in [6.07, 6.45) is 7.50. The molecule has 1 heterocycles. The molecule has 78 valence electrons. The first-order valence-electron chi connectivity index (χ1n) is 4.42. The second kappa shape index (κ2) is 5.70. The summed E-state index contributed by atoms with van der Waals surface area (Å²) in [4.78, 5) is 25.3. The zero-order valence-electron chi connectivity index (χ0n) is 8.34. The largest absolute Gasteiger partial charge is 0.465 e. The number of pyridine rings is 1. The lowest BCUT2D eigenvalue weighted by Gasteiger charge is -2.02. The summed E-state index contributed by atoms with van der Waals surface area (Å²) in [7, 11) is 1.32. The van der Waals surface area contributed by atoms with Gasteiger partial charge in [0.25, 0.3) is 0 Å². The fourth-order valence-corrected chi connectivity index (χ4v) is 1.09. The highest BCUT2D eigenvalue weighted by atomic mass is 16.5. The van der Waals surface area contributed by atoms with Crippen molar-refractivity contribution in [2.75, 3.05) is 7.11 Å². The van der Waals surface area contributed by atoms with Gasteiger partial charge in [0.15, 0.2) is 0 Å². The number of methoxy groups -OCH3 is 1. The molecule has 0 saturated carbocycles. The van der Waals surface area contributed by atoms with E-state index in [4.69, 9.17) is 0 Å². The van der Waals surface area contributed by atoms with Gasteiger partial charge in [-0.15, -0.1) is 0 Å². The molecule has 0 bridgehead atoms. The van der Waals surface area contributed by atoms with E-state index in [0.717, 1.165) is 6.29 Å². The normalized spacial score (nSPS) is 10.2. The molecule has 0 amide bonds. The zero-order chi connectivity index (χ0) is 11.1. The number of aldehydes is 1. The van der Waals surface area contributed by atoms with Crippen LogP contribution in [0.5, 0.6) is 0 Å². The number of aromatic nitrogens is 1. The zero-order valence-corrected chi connectivity index (χ0v) is 8.34. The topological polar surface area (TPSA) is 56.3 Å². The quantitative estimate of drug-likeness (QED) is 0.551. The van der Waals surface area contributed by atoms with E-state index < -0.39 is 5.97 Å². The summed E-state index contributed by atoms with van der Waals surface area (Å²) < 4.78 is 4.61.